The fourth-order valence-corrected chi connectivity index (χ4v) is 1.88. The molecule has 0 aliphatic carbocycles. The van der Waals surface area contributed by atoms with E-state index >= 15 is 0 Å². The van der Waals surface area contributed by atoms with Crippen molar-refractivity contribution in [1.82, 2.24) is 10.2 Å². The second-order valence-corrected chi connectivity index (χ2v) is 4.30. The first-order valence-electron chi connectivity index (χ1n) is 5.78. The van der Waals surface area contributed by atoms with Crippen molar-refractivity contribution in [3.63, 3.8) is 0 Å². The lowest BCUT2D eigenvalue weighted by Gasteiger charge is -2.16. The third-order valence-corrected chi connectivity index (χ3v) is 2.78. The van der Waals surface area contributed by atoms with Gasteiger partial charge in [0.25, 0.3) is 5.91 Å². The predicted molar refractivity (Wildman–Crippen MR) is 73.3 cm³/mol. The van der Waals surface area contributed by atoms with Crippen molar-refractivity contribution in [2.24, 2.45) is 4.99 Å². The van der Waals surface area contributed by atoms with Gasteiger partial charge >= 0.3 is 6.03 Å². The van der Waals surface area contributed by atoms with E-state index in [1.54, 1.807) is 24.3 Å². The lowest BCUT2D eigenvalue weighted by atomic mass is 10.3. The molecule has 0 fully saturated rings. The van der Waals surface area contributed by atoms with Crippen molar-refractivity contribution in [2.75, 3.05) is 18.4 Å². The van der Waals surface area contributed by atoms with E-state index in [-0.39, 0.29) is 18.4 Å². The highest BCUT2D eigenvalue weighted by Crippen LogP contribution is 2.14. The number of hydrogen-bond acceptors (Lipinski definition) is 3. The maximum absolute atomic E-state index is 11.8. The first-order valence-corrected chi connectivity index (χ1v) is 6.16. The Labute approximate surface area is 115 Å². The summed E-state index contributed by atoms with van der Waals surface area (Å²) in [5.41, 5.74) is 0.568. The number of urea groups is 1. The summed E-state index contributed by atoms with van der Waals surface area (Å²) in [5, 5.41) is 5.69. The average Bonchev–Trinajstić information content (AvgIpc) is 2.69. The number of guanidine groups is 1. The molecule has 0 atom stereocenters. The standard InChI is InChI=1S/C12H13ClN4O2/c1-2-17-10(18)7-14-11(17)16-12(19)15-9-5-3-4-8(13)6-9/h3-6H,2,7H2,1H3,(H2,14,15,16,19). The second kappa shape index (κ2) is 5.71. The minimum absolute atomic E-state index is 0.0701. The molecule has 6 nitrogen and oxygen atoms in total. The molecule has 7 heteroatoms. The molecule has 2 N–H and O–H groups in total. The maximum atomic E-state index is 11.8. The number of likely N-dealkylation sites (N-methyl/N-ethyl adjacent to an activating group) is 1. The number of anilines is 1. The molecule has 0 saturated carbocycles. The van der Waals surface area contributed by atoms with Gasteiger partial charge in [0.05, 0.1) is 0 Å². The molecule has 100 valence electrons. The van der Waals surface area contributed by atoms with Crippen LogP contribution in [0.3, 0.4) is 0 Å². The van der Waals surface area contributed by atoms with Crippen LogP contribution in [0.5, 0.6) is 0 Å². The fourth-order valence-electron chi connectivity index (χ4n) is 1.69. The summed E-state index contributed by atoms with van der Waals surface area (Å²) < 4.78 is 0. The van der Waals surface area contributed by atoms with Gasteiger partial charge in [-0.3, -0.25) is 15.0 Å². The predicted octanol–water partition coefficient (Wildman–Crippen LogP) is 1.68. The van der Waals surface area contributed by atoms with Crippen molar-refractivity contribution in [3.05, 3.63) is 29.3 Å². The highest BCUT2D eigenvalue weighted by Gasteiger charge is 2.24. The van der Waals surface area contributed by atoms with Gasteiger partial charge in [-0.05, 0) is 25.1 Å². The van der Waals surface area contributed by atoms with Crippen molar-refractivity contribution in [3.8, 4) is 0 Å². The molecule has 1 heterocycles. The minimum atomic E-state index is -0.464. The number of benzene rings is 1. The van der Waals surface area contributed by atoms with Gasteiger partial charge in [-0.1, -0.05) is 17.7 Å². The van der Waals surface area contributed by atoms with E-state index in [2.05, 4.69) is 15.6 Å². The van der Waals surface area contributed by atoms with Crippen LogP contribution < -0.4 is 10.6 Å². The van der Waals surface area contributed by atoms with E-state index in [4.69, 9.17) is 11.6 Å². The number of aliphatic imine (C=N–C) groups is 1. The Hall–Kier alpha value is -2.08. The van der Waals surface area contributed by atoms with Gasteiger partial charge in [-0.15, -0.1) is 0 Å². The molecule has 0 unspecified atom stereocenters. The molecule has 1 aromatic rings. The average molecular weight is 281 g/mol. The fraction of sp³-hybridized carbons (Fsp3) is 0.250. The van der Waals surface area contributed by atoms with Gasteiger partial charge < -0.3 is 5.32 Å². The normalized spacial score (nSPS) is 14.3. The van der Waals surface area contributed by atoms with Crippen LogP contribution in [0.1, 0.15) is 6.92 Å². The molecule has 1 aliphatic heterocycles. The van der Waals surface area contributed by atoms with Crippen LogP contribution in [0.15, 0.2) is 29.3 Å². The number of carbonyl (C=O) groups is 2. The lowest BCUT2D eigenvalue weighted by molar-refractivity contribution is -0.124. The Morgan fingerprint density at radius 2 is 2.26 bits per heavy atom. The molecule has 1 aromatic carbocycles. The zero-order valence-corrected chi connectivity index (χ0v) is 11.1. The SMILES string of the molecule is CCN1C(=O)CN=C1NC(=O)Nc1cccc(Cl)c1. The minimum Gasteiger partial charge on any atom is -0.308 e. The molecule has 0 aromatic heterocycles. The maximum Gasteiger partial charge on any atom is 0.326 e. The number of amides is 3. The van der Waals surface area contributed by atoms with Crippen LogP contribution in [0.4, 0.5) is 10.5 Å². The smallest absolute Gasteiger partial charge is 0.308 e. The molecule has 0 spiro atoms. The first-order chi connectivity index (χ1) is 9.10. The third-order valence-electron chi connectivity index (χ3n) is 2.54. The van der Waals surface area contributed by atoms with Crippen molar-refractivity contribution < 1.29 is 9.59 Å². The van der Waals surface area contributed by atoms with E-state index in [0.29, 0.717) is 17.3 Å². The summed E-state index contributed by atoms with van der Waals surface area (Å²) in [6.45, 7) is 2.35. The van der Waals surface area contributed by atoms with Gasteiger partial charge in [0.15, 0.2) is 0 Å². The van der Waals surface area contributed by atoms with Crippen LogP contribution >= 0.6 is 11.6 Å². The molecule has 0 saturated heterocycles. The summed E-state index contributed by atoms with van der Waals surface area (Å²) in [6.07, 6.45) is 0. The molecule has 3 amide bonds. The molecular weight excluding hydrogens is 268 g/mol. The quantitative estimate of drug-likeness (QED) is 0.865. The van der Waals surface area contributed by atoms with Crippen molar-refractivity contribution >= 4 is 35.2 Å². The van der Waals surface area contributed by atoms with Crippen LogP contribution in [-0.4, -0.2) is 35.9 Å². The van der Waals surface area contributed by atoms with Crippen molar-refractivity contribution in [1.29, 1.82) is 0 Å². The molecule has 2 rings (SSSR count). The van der Waals surface area contributed by atoms with E-state index in [0.717, 1.165) is 0 Å². The van der Waals surface area contributed by atoms with E-state index < -0.39 is 6.03 Å². The second-order valence-electron chi connectivity index (χ2n) is 3.87. The number of hydrogen-bond donors (Lipinski definition) is 2. The Balaban J connectivity index is 1.97. The molecule has 19 heavy (non-hydrogen) atoms. The van der Waals surface area contributed by atoms with Gasteiger partial charge in [0, 0.05) is 17.3 Å². The van der Waals surface area contributed by atoms with Gasteiger partial charge in [0.1, 0.15) is 6.54 Å². The van der Waals surface area contributed by atoms with E-state index in [1.807, 2.05) is 6.92 Å². The Bertz CT molecular complexity index is 544. The number of halogens is 1. The number of carbonyl (C=O) groups excluding carboxylic acids is 2. The lowest BCUT2D eigenvalue weighted by Crippen LogP contribution is -2.45. The highest BCUT2D eigenvalue weighted by molar-refractivity contribution is 6.30. The summed E-state index contributed by atoms with van der Waals surface area (Å²) in [5.74, 6) is 0.146. The third kappa shape index (κ3) is 3.23. The number of nitrogens with one attached hydrogen (secondary N) is 2. The van der Waals surface area contributed by atoms with E-state index in [1.165, 1.54) is 4.90 Å². The van der Waals surface area contributed by atoms with Crippen LogP contribution in [-0.2, 0) is 4.79 Å². The molecule has 1 aliphatic rings. The van der Waals surface area contributed by atoms with Gasteiger partial charge in [0.2, 0.25) is 5.96 Å². The van der Waals surface area contributed by atoms with Crippen LogP contribution in [0, 0.1) is 0 Å². The molecular formula is C12H13ClN4O2. The summed E-state index contributed by atoms with van der Waals surface area (Å²) >= 11 is 5.82. The Kier molecular flexibility index (Phi) is 4.01. The molecule has 0 bridgehead atoms. The number of nitrogens with zero attached hydrogens (tertiary/aromatic N) is 2. The van der Waals surface area contributed by atoms with Crippen LogP contribution in [0.2, 0.25) is 5.02 Å². The summed E-state index contributed by atoms with van der Waals surface area (Å²) in [7, 11) is 0. The van der Waals surface area contributed by atoms with Gasteiger partial charge in [-0.25, -0.2) is 9.79 Å². The summed E-state index contributed by atoms with van der Waals surface area (Å²) in [4.78, 5) is 28.6. The Morgan fingerprint density at radius 1 is 1.47 bits per heavy atom. The zero-order chi connectivity index (χ0) is 13.8. The number of rotatable bonds is 2. The summed E-state index contributed by atoms with van der Waals surface area (Å²) in [6, 6.07) is 6.32. The van der Waals surface area contributed by atoms with Crippen LogP contribution in [0.25, 0.3) is 0 Å². The Morgan fingerprint density at radius 3 is 2.95 bits per heavy atom. The topological polar surface area (TPSA) is 73.8 Å². The van der Waals surface area contributed by atoms with Gasteiger partial charge in [-0.2, -0.15) is 0 Å². The van der Waals surface area contributed by atoms with E-state index in [9.17, 15) is 9.59 Å². The monoisotopic (exact) mass is 280 g/mol. The largest absolute Gasteiger partial charge is 0.326 e. The zero-order valence-electron chi connectivity index (χ0n) is 10.3. The first kappa shape index (κ1) is 13.4. The highest BCUT2D eigenvalue weighted by atomic mass is 35.5. The molecule has 0 radical (unpaired) electrons. The van der Waals surface area contributed by atoms with Crippen molar-refractivity contribution in [2.45, 2.75) is 6.92 Å².